The summed E-state index contributed by atoms with van der Waals surface area (Å²) in [6, 6.07) is 0. The highest BCUT2D eigenvalue weighted by atomic mass is 16.3. The summed E-state index contributed by atoms with van der Waals surface area (Å²) in [6.45, 7) is 4.45. The van der Waals surface area contributed by atoms with Gasteiger partial charge in [0.25, 0.3) is 0 Å². The van der Waals surface area contributed by atoms with Crippen LogP contribution in [0.4, 0.5) is 0 Å². The van der Waals surface area contributed by atoms with E-state index in [1.807, 2.05) is 0 Å². The average Bonchev–Trinajstić information content (AvgIpc) is 2.77. The summed E-state index contributed by atoms with van der Waals surface area (Å²) < 4.78 is 0. The Morgan fingerprint density at radius 3 is 2.55 bits per heavy atom. The van der Waals surface area contributed by atoms with Gasteiger partial charge < -0.3 is 5.11 Å². The van der Waals surface area contributed by atoms with Crippen molar-refractivity contribution in [2.75, 3.05) is 0 Å². The van der Waals surface area contributed by atoms with E-state index in [0.717, 1.165) is 38.5 Å². The monoisotopic (exact) mass is 302 g/mol. The number of aliphatic hydroxyl groups excluding tert-OH is 1. The van der Waals surface area contributed by atoms with Gasteiger partial charge in [-0.1, -0.05) is 19.4 Å². The zero-order valence-electron chi connectivity index (χ0n) is 13.6. The van der Waals surface area contributed by atoms with Crippen molar-refractivity contribution < 1.29 is 14.7 Å². The van der Waals surface area contributed by atoms with Gasteiger partial charge in [-0.05, 0) is 67.8 Å². The molecule has 3 nitrogen and oxygen atoms in total. The van der Waals surface area contributed by atoms with E-state index < -0.39 is 6.10 Å². The van der Waals surface area contributed by atoms with Crippen molar-refractivity contribution in [1.82, 2.24) is 0 Å². The third-order valence-corrected chi connectivity index (χ3v) is 7.71. The van der Waals surface area contributed by atoms with E-state index in [1.165, 1.54) is 5.57 Å². The standard InChI is InChI=1S/C19H26O3/c1-18-8-7-14-12(13(18)5-6-17(18)22)4-3-11-9-15(20)16(21)10-19(11,14)2/h9,12-14,16,21H,3-8,10H2,1-2H3/t12-,13-,14-,16?,18-,19-/m0/s1. The van der Waals surface area contributed by atoms with Crippen molar-refractivity contribution in [1.29, 1.82) is 0 Å². The number of carbonyl (C=O) groups is 2. The molecule has 0 amide bonds. The van der Waals surface area contributed by atoms with Gasteiger partial charge in [-0.3, -0.25) is 9.59 Å². The van der Waals surface area contributed by atoms with Crippen LogP contribution in [0, 0.1) is 28.6 Å². The summed E-state index contributed by atoms with van der Waals surface area (Å²) in [6.07, 6.45) is 7.43. The third-order valence-electron chi connectivity index (χ3n) is 7.71. The number of ketones is 2. The van der Waals surface area contributed by atoms with Gasteiger partial charge in [0.2, 0.25) is 0 Å². The molecule has 1 unspecified atom stereocenters. The largest absolute Gasteiger partial charge is 0.385 e. The van der Waals surface area contributed by atoms with E-state index in [2.05, 4.69) is 13.8 Å². The van der Waals surface area contributed by atoms with Crippen LogP contribution in [-0.2, 0) is 9.59 Å². The second kappa shape index (κ2) is 4.53. The van der Waals surface area contributed by atoms with Gasteiger partial charge in [0.1, 0.15) is 11.9 Å². The smallest absolute Gasteiger partial charge is 0.184 e. The molecule has 0 aromatic heterocycles. The van der Waals surface area contributed by atoms with Crippen LogP contribution >= 0.6 is 0 Å². The van der Waals surface area contributed by atoms with Crippen molar-refractivity contribution in [3.8, 4) is 0 Å². The van der Waals surface area contributed by atoms with Crippen molar-refractivity contribution in [3.63, 3.8) is 0 Å². The Hall–Kier alpha value is -0.960. The van der Waals surface area contributed by atoms with Crippen molar-refractivity contribution >= 4 is 11.6 Å². The van der Waals surface area contributed by atoms with Gasteiger partial charge in [0, 0.05) is 11.8 Å². The Bertz CT molecular complexity index is 577. The zero-order chi connectivity index (χ0) is 15.7. The van der Waals surface area contributed by atoms with E-state index >= 15 is 0 Å². The molecule has 22 heavy (non-hydrogen) atoms. The molecule has 3 saturated carbocycles. The van der Waals surface area contributed by atoms with Crippen LogP contribution in [-0.4, -0.2) is 22.8 Å². The molecular weight excluding hydrogens is 276 g/mol. The minimum Gasteiger partial charge on any atom is -0.385 e. The van der Waals surface area contributed by atoms with E-state index in [4.69, 9.17) is 0 Å². The molecule has 0 heterocycles. The fourth-order valence-electron chi connectivity index (χ4n) is 6.39. The quantitative estimate of drug-likeness (QED) is 0.748. The second-order valence-electron chi connectivity index (χ2n) is 8.54. The number of hydrogen-bond acceptors (Lipinski definition) is 3. The molecule has 1 N–H and O–H groups in total. The molecule has 3 fully saturated rings. The van der Waals surface area contributed by atoms with Crippen LogP contribution in [0.3, 0.4) is 0 Å². The Kier molecular flexibility index (Phi) is 3.01. The Balaban J connectivity index is 1.71. The molecule has 0 aliphatic heterocycles. The highest BCUT2D eigenvalue weighted by Gasteiger charge is 2.59. The van der Waals surface area contributed by atoms with Gasteiger partial charge >= 0.3 is 0 Å². The van der Waals surface area contributed by atoms with Gasteiger partial charge in [-0.15, -0.1) is 0 Å². The first-order valence-electron chi connectivity index (χ1n) is 8.82. The molecule has 3 heteroatoms. The molecule has 120 valence electrons. The number of hydrogen-bond donors (Lipinski definition) is 1. The molecule has 4 aliphatic rings. The van der Waals surface area contributed by atoms with Gasteiger partial charge in [0.15, 0.2) is 5.78 Å². The van der Waals surface area contributed by atoms with E-state index in [1.54, 1.807) is 6.08 Å². The molecule has 0 saturated heterocycles. The Morgan fingerprint density at radius 1 is 1.05 bits per heavy atom. The average molecular weight is 302 g/mol. The van der Waals surface area contributed by atoms with Crippen molar-refractivity contribution in [2.45, 2.75) is 64.9 Å². The van der Waals surface area contributed by atoms with Crippen LogP contribution in [0.5, 0.6) is 0 Å². The molecule has 0 bridgehead atoms. The SMILES string of the molecule is C[C@]12CC(O)C(=O)C=C1CC[C@@H]1[C@@H]2CC[C@]2(C)C(=O)CC[C@@H]12. The fourth-order valence-corrected chi connectivity index (χ4v) is 6.39. The highest BCUT2D eigenvalue weighted by Crippen LogP contribution is 2.64. The lowest BCUT2D eigenvalue weighted by Crippen LogP contribution is -2.52. The minimum atomic E-state index is -0.828. The predicted molar refractivity (Wildman–Crippen MR) is 83.1 cm³/mol. The van der Waals surface area contributed by atoms with Crippen LogP contribution in [0.15, 0.2) is 11.6 Å². The molecule has 4 rings (SSSR count). The topological polar surface area (TPSA) is 54.4 Å². The van der Waals surface area contributed by atoms with Gasteiger partial charge in [-0.2, -0.15) is 0 Å². The van der Waals surface area contributed by atoms with Crippen LogP contribution in [0.25, 0.3) is 0 Å². The van der Waals surface area contributed by atoms with Gasteiger partial charge in [-0.25, -0.2) is 0 Å². The first kappa shape index (κ1) is 14.6. The van der Waals surface area contributed by atoms with Crippen LogP contribution < -0.4 is 0 Å². The van der Waals surface area contributed by atoms with Crippen molar-refractivity contribution in [2.24, 2.45) is 28.6 Å². The fraction of sp³-hybridized carbons (Fsp3) is 0.789. The molecule has 6 atom stereocenters. The van der Waals surface area contributed by atoms with E-state index in [-0.39, 0.29) is 16.6 Å². The minimum absolute atomic E-state index is 0.0385. The summed E-state index contributed by atoms with van der Waals surface area (Å²) in [5, 5.41) is 10.1. The van der Waals surface area contributed by atoms with E-state index in [0.29, 0.717) is 30.0 Å². The summed E-state index contributed by atoms with van der Waals surface area (Å²) >= 11 is 0. The normalized spacial score (nSPS) is 51.0. The summed E-state index contributed by atoms with van der Waals surface area (Å²) in [7, 11) is 0. The lowest BCUT2D eigenvalue weighted by atomic mass is 9.47. The second-order valence-corrected chi connectivity index (χ2v) is 8.54. The highest BCUT2D eigenvalue weighted by molar-refractivity contribution is 5.95. The first-order chi connectivity index (χ1) is 10.4. The number of Topliss-reactive ketones (excluding diaryl/α,β-unsaturated/α-hetero) is 1. The third kappa shape index (κ3) is 1.72. The zero-order valence-corrected chi connectivity index (χ0v) is 13.6. The maximum Gasteiger partial charge on any atom is 0.184 e. The van der Waals surface area contributed by atoms with Crippen LogP contribution in [0.1, 0.15) is 58.8 Å². The molecule has 0 aromatic carbocycles. The van der Waals surface area contributed by atoms with E-state index in [9.17, 15) is 14.7 Å². The molecule has 0 spiro atoms. The predicted octanol–water partition coefficient (Wildman–Crippen LogP) is 3.06. The number of allylic oxidation sites excluding steroid dienone is 1. The first-order valence-corrected chi connectivity index (χ1v) is 8.82. The lowest BCUT2D eigenvalue weighted by Gasteiger charge is -2.57. The molecular formula is C19H26O3. The number of fused-ring (bicyclic) bond motifs is 5. The van der Waals surface area contributed by atoms with Gasteiger partial charge in [0.05, 0.1) is 0 Å². The molecule has 0 radical (unpaired) electrons. The lowest BCUT2D eigenvalue weighted by molar-refractivity contribution is -0.134. The maximum absolute atomic E-state index is 12.4. The summed E-state index contributed by atoms with van der Waals surface area (Å²) in [5.41, 5.74) is 1.13. The number of aliphatic hydroxyl groups is 1. The van der Waals surface area contributed by atoms with Crippen LogP contribution in [0.2, 0.25) is 0 Å². The Morgan fingerprint density at radius 2 is 1.77 bits per heavy atom. The maximum atomic E-state index is 12.4. The molecule has 0 aromatic rings. The van der Waals surface area contributed by atoms with Crippen molar-refractivity contribution in [3.05, 3.63) is 11.6 Å². The summed E-state index contributed by atoms with van der Waals surface area (Å²) in [4.78, 5) is 24.2. The number of rotatable bonds is 0. The number of carbonyl (C=O) groups excluding carboxylic acids is 2. The Labute approximate surface area is 132 Å². The molecule has 4 aliphatic carbocycles. The summed E-state index contributed by atoms with van der Waals surface area (Å²) in [5.74, 6) is 2.00.